The molecule has 0 aliphatic carbocycles. The van der Waals surface area contributed by atoms with Crippen molar-refractivity contribution in [2.45, 2.75) is 19.9 Å². The zero-order valence-electron chi connectivity index (χ0n) is 19.1. The van der Waals surface area contributed by atoms with Crippen molar-refractivity contribution in [1.82, 2.24) is 4.90 Å². The van der Waals surface area contributed by atoms with Crippen molar-refractivity contribution in [3.05, 3.63) is 81.7 Å². The fourth-order valence-corrected chi connectivity index (χ4v) is 4.13. The van der Waals surface area contributed by atoms with Gasteiger partial charge in [0.1, 0.15) is 12.2 Å². The van der Waals surface area contributed by atoms with Crippen molar-refractivity contribution in [3.63, 3.8) is 0 Å². The molecule has 33 heavy (non-hydrogen) atoms. The number of carbonyl (C=O) groups is 1. The molecule has 0 N–H and O–H groups in total. The average Bonchev–Trinajstić information content (AvgIpc) is 3.09. The normalized spacial score (nSPS) is 15.1. The number of hydrogen-bond donors (Lipinski definition) is 0. The summed E-state index contributed by atoms with van der Waals surface area (Å²) in [6, 6.07) is 10.2. The van der Waals surface area contributed by atoms with Crippen LogP contribution in [0.3, 0.4) is 0 Å². The molecule has 7 heteroatoms. The summed E-state index contributed by atoms with van der Waals surface area (Å²) in [4.78, 5) is 28.6. The van der Waals surface area contributed by atoms with Gasteiger partial charge < -0.3 is 23.5 Å². The summed E-state index contributed by atoms with van der Waals surface area (Å²) in [5.74, 6) is 0.832. The summed E-state index contributed by atoms with van der Waals surface area (Å²) in [5.41, 5.74) is 2.18. The van der Waals surface area contributed by atoms with E-state index < -0.39 is 6.04 Å². The van der Waals surface area contributed by atoms with Gasteiger partial charge in [0.2, 0.25) is 5.76 Å². The van der Waals surface area contributed by atoms with Crippen molar-refractivity contribution in [3.8, 4) is 11.5 Å². The smallest absolute Gasteiger partial charge is 0.290 e. The van der Waals surface area contributed by atoms with Gasteiger partial charge in [0, 0.05) is 13.7 Å². The number of benzene rings is 2. The first kappa shape index (κ1) is 22.6. The molecule has 4 rings (SSSR count). The van der Waals surface area contributed by atoms with Gasteiger partial charge in [-0.3, -0.25) is 9.59 Å². The molecular formula is C26H27NO6. The molecule has 0 saturated heterocycles. The van der Waals surface area contributed by atoms with Gasteiger partial charge in [-0.25, -0.2) is 0 Å². The van der Waals surface area contributed by atoms with E-state index in [9.17, 15) is 9.59 Å². The zero-order valence-corrected chi connectivity index (χ0v) is 19.1. The van der Waals surface area contributed by atoms with Gasteiger partial charge >= 0.3 is 0 Å². The van der Waals surface area contributed by atoms with E-state index >= 15 is 0 Å². The molecule has 2 heterocycles. The van der Waals surface area contributed by atoms with Crippen molar-refractivity contribution < 1.29 is 23.4 Å². The Kier molecular flexibility index (Phi) is 6.51. The Morgan fingerprint density at radius 2 is 1.94 bits per heavy atom. The van der Waals surface area contributed by atoms with Crippen molar-refractivity contribution in [2.75, 3.05) is 33.5 Å². The lowest BCUT2D eigenvalue weighted by Gasteiger charge is -2.25. The number of hydrogen-bond acceptors (Lipinski definition) is 6. The van der Waals surface area contributed by atoms with E-state index in [1.807, 2.05) is 32.0 Å². The van der Waals surface area contributed by atoms with Gasteiger partial charge in [0.05, 0.1) is 30.2 Å². The number of rotatable bonds is 9. The Bertz CT molecular complexity index is 1260. The SMILES string of the molecule is C=CCOc1ccc([C@@H]2c3c(oc4ccc(C)cc4c3=O)C(=O)N2CCOC)cc1OCC. The van der Waals surface area contributed by atoms with Gasteiger partial charge in [-0.1, -0.05) is 30.4 Å². The van der Waals surface area contributed by atoms with Crippen LogP contribution in [0.25, 0.3) is 11.0 Å². The van der Waals surface area contributed by atoms with E-state index in [2.05, 4.69) is 6.58 Å². The zero-order chi connectivity index (χ0) is 23.5. The minimum Gasteiger partial charge on any atom is -0.490 e. The lowest BCUT2D eigenvalue weighted by molar-refractivity contribution is 0.0663. The molecule has 0 bridgehead atoms. The molecule has 0 fully saturated rings. The summed E-state index contributed by atoms with van der Waals surface area (Å²) >= 11 is 0. The third kappa shape index (κ3) is 4.12. The van der Waals surface area contributed by atoms with E-state index in [1.165, 1.54) is 0 Å². The fraction of sp³-hybridized carbons (Fsp3) is 0.308. The number of carbonyl (C=O) groups excluding carboxylic acids is 1. The van der Waals surface area contributed by atoms with Crippen LogP contribution in [0.5, 0.6) is 11.5 Å². The third-order valence-electron chi connectivity index (χ3n) is 5.60. The molecule has 0 unspecified atom stereocenters. The molecule has 1 aromatic heterocycles. The maximum absolute atomic E-state index is 13.6. The highest BCUT2D eigenvalue weighted by Gasteiger charge is 2.42. The maximum Gasteiger partial charge on any atom is 0.290 e. The second-order valence-electron chi connectivity index (χ2n) is 7.81. The minimum absolute atomic E-state index is 0.0717. The van der Waals surface area contributed by atoms with E-state index in [-0.39, 0.29) is 17.1 Å². The molecule has 2 aromatic carbocycles. The van der Waals surface area contributed by atoms with Crippen LogP contribution in [0.15, 0.2) is 58.3 Å². The van der Waals surface area contributed by atoms with E-state index in [0.29, 0.717) is 54.4 Å². The second-order valence-corrected chi connectivity index (χ2v) is 7.81. The lowest BCUT2D eigenvalue weighted by Crippen LogP contribution is -2.32. The molecule has 0 spiro atoms. The number of amides is 1. The standard InChI is InChI=1S/C26H27NO6/c1-5-12-32-20-10-8-17(15-21(20)31-6-2)23-22-24(28)18-14-16(3)7-9-19(18)33-25(22)26(29)27(23)11-13-30-4/h5,7-10,14-15,23H,1,6,11-13H2,2-4H3/t23-/m1/s1. The fourth-order valence-electron chi connectivity index (χ4n) is 4.13. The average molecular weight is 450 g/mol. The number of nitrogens with zero attached hydrogens (tertiary/aromatic N) is 1. The van der Waals surface area contributed by atoms with Crippen LogP contribution in [0.1, 0.15) is 40.2 Å². The molecular weight excluding hydrogens is 422 g/mol. The number of aryl methyl sites for hydroxylation is 1. The number of fused-ring (bicyclic) bond motifs is 2. The van der Waals surface area contributed by atoms with Crippen LogP contribution in [-0.2, 0) is 4.74 Å². The molecule has 1 aliphatic heterocycles. The summed E-state index contributed by atoms with van der Waals surface area (Å²) < 4.78 is 22.7. The van der Waals surface area contributed by atoms with Gasteiger partial charge in [-0.15, -0.1) is 0 Å². The second kappa shape index (κ2) is 9.50. The molecule has 1 atom stereocenters. The van der Waals surface area contributed by atoms with Crippen LogP contribution in [0.4, 0.5) is 0 Å². The van der Waals surface area contributed by atoms with Crippen molar-refractivity contribution in [1.29, 1.82) is 0 Å². The summed E-state index contributed by atoms with van der Waals surface area (Å²) in [6.45, 7) is 8.87. The van der Waals surface area contributed by atoms with Gasteiger partial charge in [-0.2, -0.15) is 0 Å². The molecule has 172 valence electrons. The predicted molar refractivity (Wildman–Crippen MR) is 125 cm³/mol. The summed E-state index contributed by atoms with van der Waals surface area (Å²) in [5, 5.41) is 0.455. The first-order valence-corrected chi connectivity index (χ1v) is 10.9. The van der Waals surface area contributed by atoms with Crippen LogP contribution in [-0.4, -0.2) is 44.3 Å². The molecule has 1 amide bonds. The Morgan fingerprint density at radius 3 is 2.67 bits per heavy atom. The Morgan fingerprint density at radius 1 is 1.12 bits per heavy atom. The third-order valence-corrected chi connectivity index (χ3v) is 5.60. The van der Waals surface area contributed by atoms with Gasteiger partial charge in [-0.05, 0) is 43.7 Å². The highest BCUT2D eigenvalue weighted by atomic mass is 16.5. The molecule has 0 saturated carbocycles. The molecule has 0 radical (unpaired) electrons. The van der Waals surface area contributed by atoms with Crippen LogP contribution >= 0.6 is 0 Å². The Balaban J connectivity index is 1.90. The van der Waals surface area contributed by atoms with Crippen LogP contribution in [0, 0.1) is 6.92 Å². The van der Waals surface area contributed by atoms with Gasteiger partial charge in [0.25, 0.3) is 5.91 Å². The van der Waals surface area contributed by atoms with Crippen molar-refractivity contribution >= 4 is 16.9 Å². The van der Waals surface area contributed by atoms with Crippen LogP contribution < -0.4 is 14.9 Å². The topological polar surface area (TPSA) is 78.2 Å². The molecule has 7 nitrogen and oxygen atoms in total. The van der Waals surface area contributed by atoms with Crippen LogP contribution in [0.2, 0.25) is 0 Å². The minimum atomic E-state index is -0.628. The first-order chi connectivity index (χ1) is 16.0. The number of methoxy groups -OCH3 is 1. The van der Waals surface area contributed by atoms with E-state index in [4.69, 9.17) is 18.6 Å². The highest BCUT2D eigenvalue weighted by molar-refractivity contribution is 5.99. The monoisotopic (exact) mass is 449 g/mol. The first-order valence-electron chi connectivity index (χ1n) is 10.9. The maximum atomic E-state index is 13.6. The summed E-state index contributed by atoms with van der Waals surface area (Å²) in [7, 11) is 1.57. The summed E-state index contributed by atoms with van der Waals surface area (Å²) in [6.07, 6.45) is 1.65. The number of ether oxygens (including phenoxy) is 3. The van der Waals surface area contributed by atoms with E-state index in [0.717, 1.165) is 11.1 Å². The Hall–Kier alpha value is -3.58. The predicted octanol–water partition coefficient (Wildman–Crippen LogP) is 4.26. The van der Waals surface area contributed by atoms with Crippen molar-refractivity contribution in [2.24, 2.45) is 0 Å². The molecule has 3 aromatic rings. The highest BCUT2D eigenvalue weighted by Crippen LogP contribution is 2.41. The lowest BCUT2D eigenvalue weighted by atomic mass is 9.97. The molecule has 1 aliphatic rings. The van der Waals surface area contributed by atoms with Gasteiger partial charge in [0.15, 0.2) is 16.9 Å². The quantitative estimate of drug-likeness (QED) is 0.455. The van der Waals surface area contributed by atoms with E-state index in [1.54, 1.807) is 36.3 Å². The largest absolute Gasteiger partial charge is 0.490 e. The Labute approximate surface area is 192 Å².